The van der Waals surface area contributed by atoms with E-state index in [1.54, 1.807) is 6.20 Å². The number of piperidine rings is 1. The van der Waals surface area contributed by atoms with Gasteiger partial charge in [0.25, 0.3) is 0 Å². The van der Waals surface area contributed by atoms with Crippen LogP contribution < -0.4 is 4.90 Å². The molecule has 3 heterocycles. The molecule has 1 saturated heterocycles. The first-order valence-corrected chi connectivity index (χ1v) is 6.02. The first-order chi connectivity index (χ1) is 8.74. The van der Waals surface area contributed by atoms with Gasteiger partial charge in [0.1, 0.15) is 0 Å². The molecular formula is C12H14N4O2. The Morgan fingerprint density at radius 1 is 1.56 bits per heavy atom. The lowest BCUT2D eigenvalue weighted by molar-refractivity contribution is -0.141. The van der Waals surface area contributed by atoms with Crippen LogP contribution in [0.4, 0.5) is 5.95 Å². The van der Waals surface area contributed by atoms with Gasteiger partial charge in [-0.25, -0.2) is 4.98 Å². The molecule has 1 aliphatic heterocycles. The molecule has 2 aromatic heterocycles. The Bertz CT molecular complexity index is 547. The van der Waals surface area contributed by atoms with E-state index in [-0.39, 0.29) is 5.92 Å². The minimum absolute atomic E-state index is 0.306. The fourth-order valence-corrected chi connectivity index (χ4v) is 2.35. The van der Waals surface area contributed by atoms with Gasteiger partial charge >= 0.3 is 5.97 Å². The van der Waals surface area contributed by atoms with Crippen molar-refractivity contribution in [3.05, 3.63) is 18.3 Å². The molecule has 18 heavy (non-hydrogen) atoms. The third-order valence-corrected chi connectivity index (χ3v) is 3.32. The van der Waals surface area contributed by atoms with Gasteiger partial charge < -0.3 is 15.0 Å². The molecule has 2 N–H and O–H groups in total. The van der Waals surface area contributed by atoms with E-state index < -0.39 is 5.97 Å². The lowest BCUT2D eigenvalue weighted by Gasteiger charge is -2.30. The Hall–Kier alpha value is -2.11. The molecule has 6 nitrogen and oxygen atoms in total. The summed E-state index contributed by atoms with van der Waals surface area (Å²) in [6.07, 6.45) is 3.31. The zero-order chi connectivity index (χ0) is 12.5. The van der Waals surface area contributed by atoms with Crippen LogP contribution in [0.2, 0.25) is 0 Å². The summed E-state index contributed by atoms with van der Waals surface area (Å²) in [5.74, 6) is -0.316. The van der Waals surface area contributed by atoms with Crippen molar-refractivity contribution < 1.29 is 9.90 Å². The molecule has 0 aliphatic carbocycles. The largest absolute Gasteiger partial charge is 0.481 e. The van der Waals surface area contributed by atoms with Crippen LogP contribution in [0.3, 0.4) is 0 Å². The van der Waals surface area contributed by atoms with Gasteiger partial charge in [-0.05, 0) is 25.0 Å². The fourth-order valence-electron chi connectivity index (χ4n) is 2.35. The van der Waals surface area contributed by atoms with E-state index in [0.717, 1.165) is 30.9 Å². The van der Waals surface area contributed by atoms with Crippen molar-refractivity contribution in [1.29, 1.82) is 0 Å². The Labute approximate surface area is 104 Å². The molecular weight excluding hydrogens is 232 g/mol. The number of rotatable bonds is 2. The third kappa shape index (κ3) is 1.90. The lowest BCUT2D eigenvalue weighted by Crippen LogP contribution is -2.39. The lowest BCUT2D eigenvalue weighted by atomic mass is 9.99. The quantitative estimate of drug-likeness (QED) is 0.833. The highest BCUT2D eigenvalue weighted by molar-refractivity contribution is 5.74. The zero-order valence-electron chi connectivity index (χ0n) is 9.83. The normalized spacial score (nSPS) is 20.2. The van der Waals surface area contributed by atoms with Crippen LogP contribution in [0, 0.1) is 5.92 Å². The molecule has 0 amide bonds. The summed E-state index contributed by atoms with van der Waals surface area (Å²) in [7, 11) is 0. The molecule has 0 spiro atoms. The maximum Gasteiger partial charge on any atom is 0.308 e. The summed E-state index contributed by atoms with van der Waals surface area (Å²) in [5, 5.41) is 9.07. The van der Waals surface area contributed by atoms with Crippen LogP contribution in [-0.2, 0) is 4.79 Å². The highest BCUT2D eigenvalue weighted by atomic mass is 16.4. The van der Waals surface area contributed by atoms with Gasteiger partial charge in [-0.2, -0.15) is 4.98 Å². The molecule has 0 radical (unpaired) electrons. The van der Waals surface area contributed by atoms with E-state index in [0.29, 0.717) is 12.2 Å². The molecule has 1 aliphatic rings. The zero-order valence-corrected chi connectivity index (χ0v) is 9.83. The SMILES string of the molecule is O=C(O)[C@H]1CCCN(c2nc3ncccc3[nH]2)C1. The number of nitrogens with one attached hydrogen (secondary N) is 1. The minimum Gasteiger partial charge on any atom is -0.481 e. The number of carboxylic acid groups (broad SMARTS) is 1. The van der Waals surface area contributed by atoms with Crippen LogP contribution >= 0.6 is 0 Å². The minimum atomic E-state index is -0.728. The highest BCUT2D eigenvalue weighted by Crippen LogP contribution is 2.22. The van der Waals surface area contributed by atoms with E-state index >= 15 is 0 Å². The van der Waals surface area contributed by atoms with Crippen molar-refractivity contribution in [2.75, 3.05) is 18.0 Å². The topological polar surface area (TPSA) is 82.1 Å². The van der Waals surface area contributed by atoms with Crippen LogP contribution in [0.5, 0.6) is 0 Å². The molecule has 2 aromatic rings. The van der Waals surface area contributed by atoms with Gasteiger partial charge in [0, 0.05) is 19.3 Å². The number of hydrogen-bond acceptors (Lipinski definition) is 4. The second-order valence-electron chi connectivity index (χ2n) is 4.56. The van der Waals surface area contributed by atoms with E-state index in [2.05, 4.69) is 15.0 Å². The molecule has 0 bridgehead atoms. The standard InChI is InChI=1S/C12H14N4O2/c17-11(18)8-3-2-6-16(7-8)12-14-9-4-1-5-13-10(9)15-12/h1,4-5,8H,2-3,6-7H2,(H,17,18)(H,13,14,15)/t8-/m0/s1. The van der Waals surface area contributed by atoms with Gasteiger partial charge in [-0.1, -0.05) is 0 Å². The second-order valence-corrected chi connectivity index (χ2v) is 4.56. The van der Waals surface area contributed by atoms with Gasteiger partial charge in [-0.3, -0.25) is 4.79 Å². The predicted molar refractivity (Wildman–Crippen MR) is 66.5 cm³/mol. The number of carboxylic acids is 1. The number of pyridine rings is 1. The number of nitrogens with zero attached hydrogens (tertiary/aromatic N) is 3. The van der Waals surface area contributed by atoms with Gasteiger partial charge in [-0.15, -0.1) is 0 Å². The highest BCUT2D eigenvalue weighted by Gasteiger charge is 2.26. The van der Waals surface area contributed by atoms with Crippen molar-refractivity contribution >= 4 is 23.1 Å². The number of H-pyrrole nitrogens is 1. The number of aromatic nitrogens is 3. The monoisotopic (exact) mass is 246 g/mol. The van der Waals surface area contributed by atoms with Crippen LogP contribution in [0.25, 0.3) is 11.2 Å². The maximum atomic E-state index is 11.0. The van der Waals surface area contributed by atoms with Crippen LogP contribution in [-0.4, -0.2) is 39.1 Å². The van der Waals surface area contributed by atoms with Gasteiger partial charge in [0.2, 0.25) is 5.95 Å². The maximum absolute atomic E-state index is 11.0. The third-order valence-electron chi connectivity index (χ3n) is 3.32. The summed E-state index contributed by atoms with van der Waals surface area (Å²) in [6, 6.07) is 3.76. The first-order valence-electron chi connectivity index (χ1n) is 6.02. The van der Waals surface area contributed by atoms with Crippen molar-refractivity contribution in [2.45, 2.75) is 12.8 Å². The Morgan fingerprint density at radius 3 is 3.22 bits per heavy atom. The average Bonchev–Trinajstić information content (AvgIpc) is 2.82. The molecule has 0 aromatic carbocycles. The number of carbonyl (C=O) groups is 1. The van der Waals surface area contributed by atoms with Gasteiger partial charge in [0.05, 0.1) is 11.4 Å². The molecule has 0 saturated carbocycles. The summed E-state index contributed by atoms with van der Waals surface area (Å²) in [6.45, 7) is 1.35. The van der Waals surface area contributed by atoms with E-state index in [4.69, 9.17) is 5.11 Å². The molecule has 1 atom stereocenters. The Balaban J connectivity index is 1.87. The van der Waals surface area contributed by atoms with Crippen LogP contribution in [0.15, 0.2) is 18.3 Å². The van der Waals surface area contributed by atoms with E-state index in [1.807, 2.05) is 17.0 Å². The smallest absolute Gasteiger partial charge is 0.308 e. The Morgan fingerprint density at radius 2 is 2.44 bits per heavy atom. The molecule has 1 fully saturated rings. The first kappa shape index (κ1) is 11.0. The number of imidazole rings is 1. The number of aromatic amines is 1. The number of aliphatic carboxylic acids is 1. The van der Waals surface area contributed by atoms with E-state index in [9.17, 15) is 4.79 Å². The summed E-state index contributed by atoms with van der Waals surface area (Å²) in [5.41, 5.74) is 1.55. The van der Waals surface area contributed by atoms with E-state index in [1.165, 1.54) is 0 Å². The number of anilines is 1. The molecule has 3 rings (SSSR count). The summed E-state index contributed by atoms with van der Waals surface area (Å²) in [4.78, 5) is 24.8. The number of fused-ring (bicyclic) bond motifs is 1. The van der Waals surface area contributed by atoms with Gasteiger partial charge in [0.15, 0.2) is 5.65 Å². The fraction of sp³-hybridized carbons (Fsp3) is 0.417. The Kier molecular flexibility index (Phi) is 2.62. The predicted octanol–water partition coefficient (Wildman–Crippen LogP) is 1.26. The van der Waals surface area contributed by atoms with Crippen molar-refractivity contribution in [3.8, 4) is 0 Å². The molecule has 0 unspecified atom stereocenters. The number of hydrogen-bond donors (Lipinski definition) is 2. The summed E-state index contributed by atoms with van der Waals surface area (Å²) < 4.78 is 0. The second kappa shape index (κ2) is 4.29. The van der Waals surface area contributed by atoms with Crippen molar-refractivity contribution in [2.24, 2.45) is 5.92 Å². The van der Waals surface area contributed by atoms with Crippen molar-refractivity contribution in [3.63, 3.8) is 0 Å². The molecule has 94 valence electrons. The average molecular weight is 246 g/mol. The summed E-state index contributed by atoms with van der Waals surface area (Å²) >= 11 is 0. The van der Waals surface area contributed by atoms with Crippen LogP contribution in [0.1, 0.15) is 12.8 Å². The van der Waals surface area contributed by atoms with Crippen molar-refractivity contribution in [1.82, 2.24) is 15.0 Å². The molecule has 6 heteroatoms.